The molecule has 2 aliphatic heterocycles. The standard InChI is InChI=1S/C22H27N3O2/c1-25-12-10-22(11-13-25)14-19(18-4-2-3-5-20(18)27-22)24-21(26)17-8-6-16(15-23)7-9-17/h2-9,19H,10-15,23H2,1H3,(H,24,26). The Labute approximate surface area is 160 Å². The van der Waals surface area contributed by atoms with E-state index in [0.717, 1.165) is 49.2 Å². The SMILES string of the molecule is CN1CCC2(CC1)CC(NC(=O)c1ccc(CN)cc1)c1ccccc1O2. The molecule has 0 aromatic heterocycles. The summed E-state index contributed by atoms with van der Waals surface area (Å²) in [6.07, 6.45) is 2.77. The van der Waals surface area contributed by atoms with Gasteiger partial charge in [-0.1, -0.05) is 30.3 Å². The van der Waals surface area contributed by atoms with Crippen molar-refractivity contribution >= 4 is 5.91 Å². The van der Waals surface area contributed by atoms with Crippen LogP contribution in [0.15, 0.2) is 48.5 Å². The Morgan fingerprint density at radius 3 is 2.59 bits per heavy atom. The van der Waals surface area contributed by atoms with Gasteiger partial charge in [-0.15, -0.1) is 0 Å². The van der Waals surface area contributed by atoms with E-state index in [4.69, 9.17) is 10.5 Å². The lowest BCUT2D eigenvalue weighted by molar-refractivity contribution is -0.0195. The van der Waals surface area contributed by atoms with Crippen molar-refractivity contribution in [1.82, 2.24) is 10.2 Å². The molecule has 1 spiro atoms. The number of nitrogens with two attached hydrogens (primary N) is 1. The van der Waals surface area contributed by atoms with Crippen LogP contribution >= 0.6 is 0 Å². The highest BCUT2D eigenvalue weighted by Crippen LogP contribution is 2.44. The maximum atomic E-state index is 12.9. The maximum absolute atomic E-state index is 12.9. The molecule has 4 rings (SSSR count). The van der Waals surface area contributed by atoms with E-state index in [2.05, 4.69) is 23.3 Å². The van der Waals surface area contributed by atoms with Gasteiger partial charge in [-0.05, 0) is 43.7 Å². The summed E-state index contributed by atoms with van der Waals surface area (Å²) in [4.78, 5) is 15.2. The largest absolute Gasteiger partial charge is 0.487 e. The number of carbonyl (C=O) groups is 1. The van der Waals surface area contributed by atoms with Crippen molar-refractivity contribution in [2.45, 2.75) is 37.5 Å². The monoisotopic (exact) mass is 365 g/mol. The molecule has 0 bridgehead atoms. The van der Waals surface area contributed by atoms with E-state index >= 15 is 0 Å². The smallest absolute Gasteiger partial charge is 0.251 e. The molecule has 1 amide bonds. The predicted molar refractivity (Wildman–Crippen MR) is 106 cm³/mol. The van der Waals surface area contributed by atoms with Crippen molar-refractivity contribution in [3.8, 4) is 5.75 Å². The Kier molecular flexibility index (Phi) is 4.89. The molecule has 1 atom stereocenters. The van der Waals surface area contributed by atoms with Gasteiger partial charge in [0.15, 0.2) is 0 Å². The fourth-order valence-electron chi connectivity index (χ4n) is 4.11. The van der Waals surface area contributed by atoms with Gasteiger partial charge in [0.1, 0.15) is 11.4 Å². The van der Waals surface area contributed by atoms with Gasteiger partial charge in [0.2, 0.25) is 0 Å². The molecule has 0 aliphatic carbocycles. The Morgan fingerprint density at radius 1 is 1.19 bits per heavy atom. The van der Waals surface area contributed by atoms with Gasteiger partial charge in [-0.3, -0.25) is 4.79 Å². The zero-order valence-corrected chi connectivity index (χ0v) is 15.8. The number of hydrogen-bond acceptors (Lipinski definition) is 4. The molecule has 142 valence electrons. The number of amides is 1. The number of nitrogens with one attached hydrogen (secondary N) is 1. The number of piperidine rings is 1. The number of carbonyl (C=O) groups excluding carboxylic acids is 1. The molecular formula is C22H27N3O2. The molecule has 1 unspecified atom stereocenters. The summed E-state index contributed by atoms with van der Waals surface area (Å²) in [6, 6.07) is 15.5. The summed E-state index contributed by atoms with van der Waals surface area (Å²) in [6.45, 7) is 2.51. The van der Waals surface area contributed by atoms with Crippen molar-refractivity contribution < 1.29 is 9.53 Å². The highest BCUT2D eigenvalue weighted by atomic mass is 16.5. The summed E-state index contributed by atoms with van der Waals surface area (Å²) in [5, 5.41) is 3.25. The number of likely N-dealkylation sites (tertiary alicyclic amines) is 1. The predicted octanol–water partition coefficient (Wildman–Crippen LogP) is 2.86. The molecule has 2 aromatic rings. The number of hydrogen-bond donors (Lipinski definition) is 2. The summed E-state index contributed by atoms with van der Waals surface area (Å²) in [5.74, 6) is 0.848. The van der Waals surface area contributed by atoms with Crippen LogP contribution in [0.3, 0.4) is 0 Å². The minimum Gasteiger partial charge on any atom is -0.487 e. The lowest BCUT2D eigenvalue weighted by atomic mass is 9.80. The van der Waals surface area contributed by atoms with E-state index in [1.54, 1.807) is 0 Å². The van der Waals surface area contributed by atoms with E-state index in [1.807, 2.05) is 42.5 Å². The molecule has 0 radical (unpaired) electrons. The minimum absolute atomic E-state index is 0.0416. The molecule has 1 fully saturated rings. The first-order chi connectivity index (χ1) is 13.1. The molecule has 2 heterocycles. The van der Waals surface area contributed by atoms with Crippen LogP contribution in [0, 0.1) is 0 Å². The Hall–Kier alpha value is -2.37. The molecule has 27 heavy (non-hydrogen) atoms. The Morgan fingerprint density at radius 2 is 1.89 bits per heavy atom. The summed E-state index contributed by atoms with van der Waals surface area (Å²) in [5.41, 5.74) is 8.20. The maximum Gasteiger partial charge on any atom is 0.251 e. The number of para-hydroxylation sites is 1. The minimum atomic E-state index is -0.192. The Bertz CT molecular complexity index is 811. The highest BCUT2D eigenvalue weighted by molar-refractivity contribution is 5.94. The molecule has 0 saturated carbocycles. The number of rotatable bonds is 3. The number of nitrogens with zero attached hydrogens (tertiary/aromatic N) is 1. The first-order valence-electron chi connectivity index (χ1n) is 9.65. The summed E-state index contributed by atoms with van der Waals surface area (Å²) >= 11 is 0. The van der Waals surface area contributed by atoms with Crippen molar-refractivity contribution in [3.63, 3.8) is 0 Å². The lowest BCUT2D eigenvalue weighted by Gasteiger charge is -2.46. The van der Waals surface area contributed by atoms with Gasteiger partial charge in [0, 0.05) is 37.2 Å². The second-order valence-electron chi connectivity index (χ2n) is 7.76. The second-order valence-corrected chi connectivity index (χ2v) is 7.76. The van der Waals surface area contributed by atoms with Crippen molar-refractivity contribution in [3.05, 3.63) is 65.2 Å². The van der Waals surface area contributed by atoms with Gasteiger partial charge in [-0.25, -0.2) is 0 Å². The van der Waals surface area contributed by atoms with Gasteiger partial charge < -0.3 is 20.7 Å². The number of fused-ring (bicyclic) bond motifs is 1. The normalized spacial score (nSPS) is 21.3. The van der Waals surface area contributed by atoms with Crippen LogP contribution in [0.2, 0.25) is 0 Å². The van der Waals surface area contributed by atoms with Crippen molar-refractivity contribution in [2.75, 3.05) is 20.1 Å². The molecule has 2 aliphatic rings. The Balaban J connectivity index is 1.57. The molecule has 2 aromatic carbocycles. The van der Waals surface area contributed by atoms with Crippen molar-refractivity contribution in [1.29, 1.82) is 0 Å². The average Bonchev–Trinajstić information content (AvgIpc) is 2.70. The van der Waals surface area contributed by atoms with Gasteiger partial charge in [0.25, 0.3) is 5.91 Å². The second kappa shape index (κ2) is 7.33. The van der Waals surface area contributed by atoms with Crippen LogP contribution in [-0.4, -0.2) is 36.5 Å². The summed E-state index contributed by atoms with van der Waals surface area (Å²) in [7, 11) is 2.15. The fourth-order valence-corrected chi connectivity index (χ4v) is 4.11. The van der Waals surface area contributed by atoms with E-state index < -0.39 is 0 Å². The highest BCUT2D eigenvalue weighted by Gasteiger charge is 2.43. The lowest BCUT2D eigenvalue weighted by Crippen LogP contribution is -2.51. The zero-order valence-electron chi connectivity index (χ0n) is 15.8. The molecule has 5 heteroatoms. The third-order valence-corrected chi connectivity index (χ3v) is 5.85. The van der Waals surface area contributed by atoms with Crippen LogP contribution in [0.4, 0.5) is 0 Å². The number of benzene rings is 2. The van der Waals surface area contributed by atoms with Crippen LogP contribution in [0.25, 0.3) is 0 Å². The van der Waals surface area contributed by atoms with Crippen LogP contribution in [0.1, 0.15) is 46.8 Å². The van der Waals surface area contributed by atoms with E-state index in [9.17, 15) is 4.79 Å². The molecule has 5 nitrogen and oxygen atoms in total. The third kappa shape index (κ3) is 3.70. The van der Waals surface area contributed by atoms with Crippen LogP contribution < -0.4 is 15.8 Å². The van der Waals surface area contributed by atoms with E-state index in [1.165, 1.54) is 0 Å². The zero-order chi connectivity index (χ0) is 18.9. The van der Waals surface area contributed by atoms with Gasteiger partial charge >= 0.3 is 0 Å². The van der Waals surface area contributed by atoms with Gasteiger partial charge in [0.05, 0.1) is 6.04 Å². The summed E-state index contributed by atoms with van der Waals surface area (Å²) < 4.78 is 6.46. The third-order valence-electron chi connectivity index (χ3n) is 5.85. The van der Waals surface area contributed by atoms with Crippen molar-refractivity contribution in [2.24, 2.45) is 5.73 Å². The number of ether oxygens (including phenoxy) is 1. The van der Waals surface area contributed by atoms with E-state index in [0.29, 0.717) is 12.1 Å². The molecule has 1 saturated heterocycles. The molecular weight excluding hydrogens is 338 g/mol. The molecule has 3 N–H and O–H groups in total. The quantitative estimate of drug-likeness (QED) is 0.878. The van der Waals surface area contributed by atoms with Crippen LogP contribution in [-0.2, 0) is 6.54 Å². The topological polar surface area (TPSA) is 67.6 Å². The van der Waals surface area contributed by atoms with E-state index in [-0.39, 0.29) is 17.6 Å². The fraction of sp³-hybridized carbons (Fsp3) is 0.409. The first kappa shape index (κ1) is 18.0. The van der Waals surface area contributed by atoms with Gasteiger partial charge in [-0.2, -0.15) is 0 Å². The van der Waals surface area contributed by atoms with Crippen LogP contribution in [0.5, 0.6) is 5.75 Å². The average molecular weight is 365 g/mol. The first-order valence-corrected chi connectivity index (χ1v) is 9.65.